The fraction of sp³-hybridized carbons (Fsp3) is 0.364. The van der Waals surface area contributed by atoms with Crippen molar-refractivity contribution < 1.29 is 14.2 Å². The first-order chi connectivity index (χ1) is 6.83. The van der Waals surface area contributed by atoms with Crippen LogP contribution in [0.15, 0.2) is 24.3 Å². The van der Waals surface area contributed by atoms with E-state index in [1.54, 1.807) is 31.4 Å². The summed E-state index contributed by atoms with van der Waals surface area (Å²) in [6.45, 7) is 6.85. The van der Waals surface area contributed by atoms with Crippen LogP contribution in [0.3, 0.4) is 0 Å². The number of hydrogen-bond acceptors (Lipinski definition) is 3. The Morgan fingerprint density at radius 3 is 2.50 bits per heavy atom. The van der Waals surface area contributed by atoms with Crippen LogP contribution in [0, 0.1) is 6.92 Å². The van der Waals surface area contributed by atoms with Crippen molar-refractivity contribution in [1.82, 2.24) is 0 Å². The Kier molecular flexibility index (Phi) is 5.04. The Hall–Kier alpha value is -1.06. The third kappa shape index (κ3) is 4.25. The van der Waals surface area contributed by atoms with E-state index in [4.69, 9.17) is 21.1 Å². The topological polar surface area (TPSA) is 27.7 Å². The summed E-state index contributed by atoms with van der Waals surface area (Å²) >= 11 is 0. The molecule has 3 heteroatoms. The van der Waals surface area contributed by atoms with Gasteiger partial charge in [-0.25, -0.2) is 0 Å². The molecule has 2 radical (unpaired) electrons. The number of rotatable bonds is 6. The molecule has 14 heavy (non-hydrogen) atoms. The maximum absolute atomic E-state index is 5.52. The van der Waals surface area contributed by atoms with Crippen molar-refractivity contribution >= 4 is 0 Å². The van der Waals surface area contributed by atoms with Crippen LogP contribution in [0.1, 0.15) is 5.56 Å². The van der Waals surface area contributed by atoms with Crippen LogP contribution in [-0.2, 0) is 9.47 Å². The summed E-state index contributed by atoms with van der Waals surface area (Å²) in [5.41, 5.74) is 0.720. The molecule has 1 aromatic rings. The van der Waals surface area contributed by atoms with E-state index in [0.717, 1.165) is 11.3 Å². The monoisotopic (exact) mass is 194 g/mol. The van der Waals surface area contributed by atoms with Gasteiger partial charge in [0.1, 0.15) is 5.75 Å². The molecular formula is C11H14O3. The summed E-state index contributed by atoms with van der Waals surface area (Å²) in [6, 6.07) is 7.17. The van der Waals surface area contributed by atoms with Gasteiger partial charge in [0.15, 0.2) is 6.79 Å². The first-order valence-corrected chi connectivity index (χ1v) is 4.38. The van der Waals surface area contributed by atoms with Gasteiger partial charge in [-0.15, -0.1) is 0 Å². The summed E-state index contributed by atoms with van der Waals surface area (Å²) in [5.74, 6) is 0.747. The molecule has 76 valence electrons. The summed E-state index contributed by atoms with van der Waals surface area (Å²) < 4.78 is 15.2. The smallest absolute Gasteiger partial charge is 0.189 e. The standard InChI is InChI=1S/C11H14O3/c1-10-3-5-11(6-4-10)14-9-13-8-7-12-2/h1,3-6H,7-9H2,2H3. The van der Waals surface area contributed by atoms with Crippen molar-refractivity contribution in [3.05, 3.63) is 36.8 Å². The zero-order valence-corrected chi connectivity index (χ0v) is 8.23. The van der Waals surface area contributed by atoms with Crippen molar-refractivity contribution in [1.29, 1.82) is 0 Å². The quantitative estimate of drug-likeness (QED) is 0.510. The predicted molar refractivity (Wildman–Crippen MR) is 53.2 cm³/mol. The van der Waals surface area contributed by atoms with E-state index in [1.165, 1.54) is 0 Å². The van der Waals surface area contributed by atoms with E-state index in [9.17, 15) is 0 Å². The lowest BCUT2D eigenvalue weighted by atomic mass is 10.2. The Balaban J connectivity index is 2.15. The summed E-state index contributed by atoms with van der Waals surface area (Å²) in [6.07, 6.45) is 0. The largest absolute Gasteiger partial charge is 0.468 e. The van der Waals surface area contributed by atoms with E-state index in [2.05, 4.69) is 0 Å². The van der Waals surface area contributed by atoms with Crippen molar-refractivity contribution in [3.8, 4) is 5.75 Å². The van der Waals surface area contributed by atoms with Gasteiger partial charge in [0.05, 0.1) is 13.2 Å². The molecule has 1 rings (SSSR count). The molecule has 0 aliphatic rings. The van der Waals surface area contributed by atoms with Crippen molar-refractivity contribution in [2.45, 2.75) is 0 Å². The molecule has 3 nitrogen and oxygen atoms in total. The zero-order chi connectivity index (χ0) is 10.2. The lowest BCUT2D eigenvalue weighted by molar-refractivity contribution is -0.00847. The molecule has 0 amide bonds. The minimum atomic E-state index is 0.229. The molecule has 0 atom stereocenters. The van der Waals surface area contributed by atoms with Gasteiger partial charge in [-0.2, -0.15) is 0 Å². The molecule has 0 aliphatic carbocycles. The molecule has 0 saturated heterocycles. The number of benzene rings is 1. The SMILES string of the molecule is [CH]c1ccc(OCOCCOC)cc1. The fourth-order valence-electron chi connectivity index (χ4n) is 0.875. The summed E-state index contributed by atoms with van der Waals surface area (Å²) in [5, 5.41) is 0. The van der Waals surface area contributed by atoms with Crippen LogP contribution in [0.2, 0.25) is 0 Å². The summed E-state index contributed by atoms with van der Waals surface area (Å²) in [7, 11) is 1.63. The van der Waals surface area contributed by atoms with Gasteiger partial charge in [-0.05, 0) is 24.6 Å². The van der Waals surface area contributed by atoms with Gasteiger partial charge in [0.2, 0.25) is 0 Å². The molecular weight excluding hydrogens is 180 g/mol. The molecule has 0 N–H and O–H groups in total. The van der Waals surface area contributed by atoms with Gasteiger partial charge < -0.3 is 14.2 Å². The second-order valence-electron chi connectivity index (χ2n) is 2.73. The Bertz CT molecular complexity index is 243. The van der Waals surface area contributed by atoms with Gasteiger partial charge in [-0.1, -0.05) is 12.1 Å². The van der Waals surface area contributed by atoms with E-state index < -0.39 is 0 Å². The molecule has 0 spiro atoms. The average molecular weight is 194 g/mol. The number of hydrogen-bond donors (Lipinski definition) is 0. The van der Waals surface area contributed by atoms with Crippen molar-refractivity contribution in [2.75, 3.05) is 27.1 Å². The third-order valence-electron chi connectivity index (χ3n) is 1.62. The highest BCUT2D eigenvalue weighted by molar-refractivity contribution is 5.28. The highest BCUT2D eigenvalue weighted by Crippen LogP contribution is 2.10. The molecule has 0 aliphatic heterocycles. The highest BCUT2D eigenvalue weighted by atomic mass is 16.7. The van der Waals surface area contributed by atoms with Crippen LogP contribution >= 0.6 is 0 Å². The van der Waals surface area contributed by atoms with E-state index in [1.807, 2.05) is 0 Å². The van der Waals surface area contributed by atoms with Crippen LogP contribution < -0.4 is 4.74 Å². The first kappa shape index (κ1) is 11.0. The molecule has 0 heterocycles. The lowest BCUT2D eigenvalue weighted by Crippen LogP contribution is -2.07. The molecule has 0 fully saturated rings. The van der Waals surface area contributed by atoms with Gasteiger partial charge >= 0.3 is 0 Å². The van der Waals surface area contributed by atoms with Crippen LogP contribution in [-0.4, -0.2) is 27.1 Å². The van der Waals surface area contributed by atoms with Gasteiger partial charge in [0.25, 0.3) is 0 Å². The second-order valence-corrected chi connectivity index (χ2v) is 2.73. The average Bonchev–Trinajstić information content (AvgIpc) is 2.21. The zero-order valence-electron chi connectivity index (χ0n) is 8.23. The van der Waals surface area contributed by atoms with Gasteiger partial charge in [0, 0.05) is 7.11 Å². The number of methoxy groups -OCH3 is 1. The highest BCUT2D eigenvalue weighted by Gasteiger charge is 1.92. The van der Waals surface area contributed by atoms with E-state index in [-0.39, 0.29) is 6.79 Å². The second kappa shape index (κ2) is 6.40. The van der Waals surface area contributed by atoms with Crippen LogP contribution in [0.25, 0.3) is 0 Å². The molecule has 1 aromatic carbocycles. The molecule has 0 bridgehead atoms. The Labute approximate surface area is 84.6 Å². The Morgan fingerprint density at radius 1 is 1.14 bits per heavy atom. The Morgan fingerprint density at radius 2 is 1.86 bits per heavy atom. The number of ether oxygens (including phenoxy) is 3. The predicted octanol–water partition coefficient (Wildman–Crippen LogP) is 1.75. The van der Waals surface area contributed by atoms with E-state index in [0.29, 0.717) is 13.2 Å². The van der Waals surface area contributed by atoms with Crippen LogP contribution in [0.4, 0.5) is 0 Å². The first-order valence-electron chi connectivity index (χ1n) is 4.38. The third-order valence-corrected chi connectivity index (χ3v) is 1.62. The normalized spacial score (nSPS) is 10.1. The maximum atomic E-state index is 5.52. The van der Waals surface area contributed by atoms with Crippen LogP contribution in [0.5, 0.6) is 5.75 Å². The maximum Gasteiger partial charge on any atom is 0.189 e. The lowest BCUT2D eigenvalue weighted by Gasteiger charge is -2.06. The summed E-state index contributed by atoms with van der Waals surface area (Å²) in [4.78, 5) is 0. The fourth-order valence-corrected chi connectivity index (χ4v) is 0.875. The van der Waals surface area contributed by atoms with Gasteiger partial charge in [-0.3, -0.25) is 0 Å². The molecule has 0 aromatic heterocycles. The minimum absolute atomic E-state index is 0.229. The van der Waals surface area contributed by atoms with Crippen molar-refractivity contribution in [2.24, 2.45) is 0 Å². The van der Waals surface area contributed by atoms with Crippen molar-refractivity contribution in [3.63, 3.8) is 0 Å². The minimum Gasteiger partial charge on any atom is -0.468 e. The molecule has 0 unspecified atom stereocenters. The van der Waals surface area contributed by atoms with E-state index >= 15 is 0 Å². The molecule has 0 saturated carbocycles.